The summed E-state index contributed by atoms with van der Waals surface area (Å²) < 4.78 is 12.6. The molecule has 0 aromatic heterocycles. The van der Waals surface area contributed by atoms with Gasteiger partial charge < -0.3 is 9.47 Å². The zero-order valence-electron chi connectivity index (χ0n) is 19.0. The molecule has 0 unspecified atom stereocenters. The van der Waals surface area contributed by atoms with Crippen molar-refractivity contribution in [3.63, 3.8) is 0 Å². The largest absolute Gasteiger partial charge is 0.462 e. The summed E-state index contributed by atoms with van der Waals surface area (Å²) in [5.74, 6) is 0.856. The summed E-state index contributed by atoms with van der Waals surface area (Å²) >= 11 is 0. The van der Waals surface area contributed by atoms with E-state index in [0.29, 0.717) is 5.92 Å². The van der Waals surface area contributed by atoms with Gasteiger partial charge in [0, 0.05) is 50.6 Å². The fourth-order valence-corrected chi connectivity index (χ4v) is 7.69. The number of fused-ring (bicyclic) bond motifs is 2. The molecular formula is C26H36N2O3. The van der Waals surface area contributed by atoms with Gasteiger partial charge in [-0.2, -0.15) is 0 Å². The maximum absolute atomic E-state index is 13.0. The second-order valence-electron chi connectivity index (χ2n) is 11.1. The maximum Gasteiger partial charge on any atom is 0.311 e. The standard InChI is InChI=1S/C26H36N2O3/c1-18-7-6-10-25(2)15-21-22(23-26(18,25)31-23)20(24(29)30-21)17-28-13-11-27(12-14-28)16-19-8-4-3-5-9-19/h3-5,8-9,18,20-23H,6-7,10-17H2,1-2H3/t18-,20-,21+,22+,23-,25+,26-/m0/s1. The number of nitrogens with zero attached hydrogens (tertiary/aromatic N) is 2. The number of hydrogen-bond acceptors (Lipinski definition) is 5. The zero-order chi connectivity index (χ0) is 21.2. The van der Waals surface area contributed by atoms with Gasteiger partial charge in [0.25, 0.3) is 0 Å². The van der Waals surface area contributed by atoms with E-state index in [-0.39, 0.29) is 41.0 Å². The Morgan fingerprint density at radius 2 is 1.84 bits per heavy atom. The van der Waals surface area contributed by atoms with E-state index in [1.165, 1.54) is 24.8 Å². The third-order valence-electron chi connectivity index (χ3n) is 9.36. The van der Waals surface area contributed by atoms with Gasteiger partial charge in [0.15, 0.2) is 0 Å². The van der Waals surface area contributed by atoms with Crippen molar-refractivity contribution in [1.29, 1.82) is 0 Å². The number of epoxide rings is 1. The molecule has 0 N–H and O–H groups in total. The second kappa shape index (κ2) is 7.29. The highest BCUT2D eigenvalue weighted by molar-refractivity contribution is 5.76. The number of benzene rings is 1. The van der Waals surface area contributed by atoms with E-state index in [2.05, 4.69) is 54.0 Å². The Hall–Kier alpha value is -1.43. The summed E-state index contributed by atoms with van der Waals surface area (Å²) in [6.45, 7) is 10.8. The minimum Gasteiger partial charge on any atom is -0.462 e. The Kier molecular flexibility index (Phi) is 4.75. The topological polar surface area (TPSA) is 45.3 Å². The van der Waals surface area contributed by atoms with Crippen LogP contribution in [0.3, 0.4) is 0 Å². The van der Waals surface area contributed by atoms with Crippen molar-refractivity contribution in [3.05, 3.63) is 35.9 Å². The van der Waals surface area contributed by atoms with E-state index in [1.807, 2.05) is 0 Å². The number of rotatable bonds is 4. The van der Waals surface area contributed by atoms with Gasteiger partial charge in [-0.05, 0) is 30.7 Å². The van der Waals surface area contributed by atoms with Crippen LogP contribution in [0.25, 0.3) is 0 Å². The lowest BCUT2D eigenvalue weighted by Gasteiger charge is -2.49. The van der Waals surface area contributed by atoms with Crippen LogP contribution in [0, 0.1) is 23.2 Å². The molecule has 0 bridgehead atoms. The number of ether oxygens (including phenoxy) is 2. The predicted molar refractivity (Wildman–Crippen MR) is 118 cm³/mol. The van der Waals surface area contributed by atoms with Crippen LogP contribution in [0.15, 0.2) is 30.3 Å². The van der Waals surface area contributed by atoms with Gasteiger partial charge in [-0.1, -0.05) is 50.6 Å². The smallest absolute Gasteiger partial charge is 0.311 e. The van der Waals surface area contributed by atoms with Crippen molar-refractivity contribution in [2.75, 3.05) is 32.7 Å². The molecule has 0 radical (unpaired) electrons. The highest BCUT2D eigenvalue weighted by atomic mass is 16.6. The van der Waals surface area contributed by atoms with Gasteiger partial charge in [0.1, 0.15) is 11.7 Å². The van der Waals surface area contributed by atoms with E-state index in [1.54, 1.807) is 0 Å². The predicted octanol–water partition coefficient (Wildman–Crippen LogP) is 3.33. The molecule has 1 aromatic carbocycles. The van der Waals surface area contributed by atoms with Crippen LogP contribution < -0.4 is 0 Å². The Bertz CT molecular complexity index is 838. The third-order valence-corrected chi connectivity index (χ3v) is 9.36. The lowest BCUT2D eigenvalue weighted by molar-refractivity contribution is -0.146. The normalized spacial score (nSPS) is 44.8. The van der Waals surface area contributed by atoms with Gasteiger partial charge in [-0.3, -0.25) is 14.6 Å². The Morgan fingerprint density at radius 1 is 1.10 bits per heavy atom. The molecule has 1 aromatic rings. The molecule has 2 aliphatic carbocycles. The monoisotopic (exact) mass is 424 g/mol. The summed E-state index contributed by atoms with van der Waals surface area (Å²) in [6, 6.07) is 10.7. The van der Waals surface area contributed by atoms with Gasteiger partial charge in [0.2, 0.25) is 0 Å². The van der Waals surface area contributed by atoms with E-state index < -0.39 is 0 Å². The molecule has 5 fully saturated rings. The van der Waals surface area contributed by atoms with Crippen LogP contribution in [0.5, 0.6) is 0 Å². The van der Waals surface area contributed by atoms with Gasteiger partial charge in [-0.15, -0.1) is 0 Å². The molecular weight excluding hydrogens is 388 g/mol. The van der Waals surface area contributed by atoms with Crippen molar-refractivity contribution in [1.82, 2.24) is 9.80 Å². The third kappa shape index (κ3) is 3.11. The van der Waals surface area contributed by atoms with E-state index in [9.17, 15) is 4.79 Å². The number of piperazine rings is 1. The highest BCUT2D eigenvalue weighted by Crippen LogP contribution is 2.70. The average Bonchev–Trinajstić information content (AvgIpc) is 3.45. The van der Waals surface area contributed by atoms with E-state index in [4.69, 9.17) is 9.47 Å². The van der Waals surface area contributed by atoms with Crippen LogP contribution in [0.4, 0.5) is 0 Å². The van der Waals surface area contributed by atoms with Crippen LogP contribution in [0.1, 0.15) is 45.1 Å². The Morgan fingerprint density at radius 3 is 2.61 bits per heavy atom. The van der Waals surface area contributed by atoms with Gasteiger partial charge >= 0.3 is 5.97 Å². The fourth-order valence-electron chi connectivity index (χ4n) is 7.69. The molecule has 5 nitrogen and oxygen atoms in total. The molecule has 6 rings (SSSR count). The van der Waals surface area contributed by atoms with Crippen LogP contribution in [-0.2, 0) is 20.8 Å². The fraction of sp³-hybridized carbons (Fsp3) is 0.731. The van der Waals surface area contributed by atoms with Crippen molar-refractivity contribution in [3.8, 4) is 0 Å². The molecule has 7 atom stereocenters. The van der Waals surface area contributed by atoms with Crippen molar-refractivity contribution < 1.29 is 14.3 Å². The van der Waals surface area contributed by atoms with E-state index >= 15 is 0 Å². The molecule has 168 valence electrons. The van der Waals surface area contributed by atoms with Crippen LogP contribution in [0.2, 0.25) is 0 Å². The minimum absolute atomic E-state index is 0.00697. The first-order chi connectivity index (χ1) is 15.0. The van der Waals surface area contributed by atoms with Gasteiger partial charge in [0.05, 0.1) is 12.0 Å². The average molecular weight is 425 g/mol. The first-order valence-corrected chi connectivity index (χ1v) is 12.4. The molecule has 3 heterocycles. The summed E-state index contributed by atoms with van der Waals surface area (Å²) in [5, 5.41) is 0. The summed E-state index contributed by atoms with van der Waals surface area (Å²) in [5.41, 5.74) is 1.56. The molecule has 1 spiro atoms. The maximum atomic E-state index is 13.0. The van der Waals surface area contributed by atoms with Crippen molar-refractivity contribution >= 4 is 5.97 Å². The molecule has 0 amide bonds. The lowest BCUT2D eigenvalue weighted by Crippen LogP contribution is -2.55. The van der Waals surface area contributed by atoms with Crippen LogP contribution >= 0.6 is 0 Å². The lowest BCUT2D eigenvalue weighted by atomic mass is 9.53. The first-order valence-electron chi connectivity index (χ1n) is 12.4. The van der Waals surface area contributed by atoms with Crippen molar-refractivity contribution in [2.45, 2.75) is 63.9 Å². The Labute approximate surface area is 186 Å². The van der Waals surface area contributed by atoms with Gasteiger partial charge in [-0.25, -0.2) is 0 Å². The number of esters is 1. The SMILES string of the molecule is C[C@H]1CCC[C@]2(C)C[C@H]3OC(=O)[C@@H](CN4CCN(Cc5ccccc5)CC4)[C@H]3[C@@H]3O[C@@]132. The first kappa shape index (κ1) is 20.2. The molecule has 2 saturated carbocycles. The molecule has 3 saturated heterocycles. The summed E-state index contributed by atoms with van der Waals surface area (Å²) in [4.78, 5) is 18.0. The molecule has 5 aliphatic rings. The van der Waals surface area contributed by atoms with E-state index in [0.717, 1.165) is 45.7 Å². The zero-order valence-corrected chi connectivity index (χ0v) is 19.0. The quantitative estimate of drug-likeness (QED) is 0.548. The minimum atomic E-state index is -0.0197. The highest BCUT2D eigenvalue weighted by Gasteiger charge is 2.78. The second-order valence-corrected chi connectivity index (χ2v) is 11.1. The number of carbonyl (C=O) groups excluding carboxylic acids is 1. The van der Waals surface area contributed by atoms with Crippen LogP contribution in [-0.4, -0.2) is 66.3 Å². The van der Waals surface area contributed by atoms with Crippen molar-refractivity contribution in [2.24, 2.45) is 23.2 Å². The summed E-state index contributed by atoms with van der Waals surface area (Å²) in [6.07, 6.45) is 5.02. The number of carbonyl (C=O) groups is 1. The Balaban J connectivity index is 1.11. The molecule has 31 heavy (non-hydrogen) atoms. The summed E-state index contributed by atoms with van der Waals surface area (Å²) in [7, 11) is 0. The molecule has 5 heteroatoms. The number of hydrogen-bond donors (Lipinski definition) is 0. The molecule has 3 aliphatic heterocycles.